The van der Waals surface area contributed by atoms with E-state index in [0.29, 0.717) is 47.1 Å². The van der Waals surface area contributed by atoms with Gasteiger partial charge >= 0.3 is 5.97 Å². The first-order valence-electron chi connectivity index (χ1n) is 12.3. The molecule has 1 saturated heterocycles. The maximum Gasteiger partial charge on any atom is 0.306 e. The lowest BCUT2D eigenvalue weighted by atomic mass is 9.94. The molecule has 2 fully saturated rings. The van der Waals surface area contributed by atoms with Gasteiger partial charge in [0.15, 0.2) is 23.2 Å². The smallest absolute Gasteiger partial charge is 0.306 e. The monoisotopic (exact) mass is 543 g/mol. The predicted molar refractivity (Wildman–Crippen MR) is 139 cm³/mol. The Morgan fingerprint density at radius 3 is 2.95 bits per heavy atom. The third kappa shape index (κ3) is 6.38. The fraction of sp³-hybridized carbons (Fsp3) is 0.480. The van der Waals surface area contributed by atoms with Crippen molar-refractivity contribution in [1.82, 2.24) is 19.3 Å². The van der Waals surface area contributed by atoms with Gasteiger partial charge in [-0.3, -0.25) is 9.78 Å². The van der Waals surface area contributed by atoms with E-state index >= 15 is 0 Å². The Kier molecular flexibility index (Phi) is 8.18. The topological polar surface area (TPSA) is 118 Å². The van der Waals surface area contributed by atoms with Gasteiger partial charge < -0.3 is 24.3 Å². The summed E-state index contributed by atoms with van der Waals surface area (Å²) in [5.74, 6) is 2.07. The van der Waals surface area contributed by atoms with Crippen LogP contribution in [0.1, 0.15) is 56.1 Å². The number of hydrogen-bond donors (Lipinski definition) is 1. The highest BCUT2D eigenvalue weighted by atomic mass is 32.2. The Labute approximate surface area is 223 Å². The van der Waals surface area contributed by atoms with Crippen LogP contribution in [0.15, 0.2) is 35.5 Å². The van der Waals surface area contributed by atoms with Crippen molar-refractivity contribution in [3.8, 4) is 11.5 Å². The van der Waals surface area contributed by atoms with Gasteiger partial charge in [-0.05, 0) is 38.0 Å². The van der Waals surface area contributed by atoms with Crippen molar-refractivity contribution < 1.29 is 23.7 Å². The highest BCUT2D eigenvalue weighted by molar-refractivity contribution is 7.99. The molecule has 1 N–H and O–H groups in total. The van der Waals surface area contributed by atoms with Crippen LogP contribution in [0.2, 0.25) is 0 Å². The van der Waals surface area contributed by atoms with Gasteiger partial charge in [-0.15, -0.1) is 11.8 Å². The summed E-state index contributed by atoms with van der Waals surface area (Å²) in [6, 6.07) is 5.55. The van der Waals surface area contributed by atoms with E-state index in [4.69, 9.17) is 18.9 Å². The summed E-state index contributed by atoms with van der Waals surface area (Å²) in [5.41, 5.74) is 0.755. The molecule has 3 aromatic rings. The number of methoxy groups -OCH3 is 1. The Hall–Kier alpha value is -2.80. The van der Waals surface area contributed by atoms with Gasteiger partial charge in [0.2, 0.25) is 5.13 Å². The molecule has 1 spiro atoms. The fourth-order valence-corrected chi connectivity index (χ4v) is 5.72. The SMILES string of the molecule is COC(=O)CCSc1cnc(Nc2nc(C3COC4(CCCCC4)O3)ns2)c(Oc2cccnc2C)c1. The molecule has 196 valence electrons. The van der Waals surface area contributed by atoms with Crippen molar-refractivity contribution in [3.63, 3.8) is 0 Å². The molecule has 2 aliphatic rings. The maximum atomic E-state index is 11.5. The molecule has 0 radical (unpaired) electrons. The van der Waals surface area contributed by atoms with E-state index in [9.17, 15) is 4.79 Å². The lowest BCUT2D eigenvalue weighted by Gasteiger charge is -2.31. The number of aryl methyl sites for hydroxylation is 1. The number of aromatic nitrogens is 4. The molecule has 4 heterocycles. The van der Waals surface area contributed by atoms with Crippen molar-refractivity contribution in [3.05, 3.63) is 42.1 Å². The summed E-state index contributed by atoms with van der Waals surface area (Å²) in [6.45, 7) is 2.34. The van der Waals surface area contributed by atoms with Gasteiger partial charge in [0.05, 0.1) is 25.8 Å². The van der Waals surface area contributed by atoms with E-state index in [1.165, 1.54) is 36.8 Å². The van der Waals surface area contributed by atoms with Gasteiger partial charge in [-0.1, -0.05) is 6.42 Å². The van der Waals surface area contributed by atoms with E-state index < -0.39 is 5.79 Å². The van der Waals surface area contributed by atoms with Crippen molar-refractivity contribution in [2.45, 2.75) is 62.2 Å². The molecular formula is C25H29N5O5S2. The molecule has 10 nitrogen and oxygen atoms in total. The van der Waals surface area contributed by atoms with Gasteiger partial charge in [0.1, 0.15) is 11.9 Å². The molecule has 1 atom stereocenters. The Morgan fingerprint density at radius 2 is 2.14 bits per heavy atom. The summed E-state index contributed by atoms with van der Waals surface area (Å²) >= 11 is 2.73. The van der Waals surface area contributed by atoms with E-state index in [1.807, 2.05) is 25.1 Å². The summed E-state index contributed by atoms with van der Waals surface area (Å²) in [6.07, 6.45) is 8.77. The highest BCUT2D eigenvalue weighted by Gasteiger charge is 2.44. The molecule has 1 unspecified atom stereocenters. The predicted octanol–water partition coefficient (Wildman–Crippen LogP) is 5.58. The lowest BCUT2D eigenvalue weighted by molar-refractivity contribution is -0.188. The Morgan fingerprint density at radius 1 is 1.27 bits per heavy atom. The summed E-state index contributed by atoms with van der Waals surface area (Å²) in [5, 5.41) is 3.82. The van der Waals surface area contributed by atoms with Crippen molar-refractivity contribution in [1.29, 1.82) is 0 Å². The number of pyridine rings is 2. The molecule has 1 saturated carbocycles. The third-order valence-electron chi connectivity index (χ3n) is 6.23. The fourth-order valence-electron chi connectivity index (χ4n) is 4.28. The number of ether oxygens (including phenoxy) is 4. The third-order valence-corrected chi connectivity index (χ3v) is 7.84. The zero-order chi connectivity index (χ0) is 25.7. The molecule has 0 aromatic carbocycles. The van der Waals surface area contributed by atoms with Crippen molar-refractivity contribution in [2.75, 3.05) is 24.8 Å². The number of rotatable bonds is 9. The first-order chi connectivity index (χ1) is 18.0. The van der Waals surface area contributed by atoms with Crippen LogP contribution in [-0.2, 0) is 19.0 Å². The molecule has 12 heteroatoms. The molecular weight excluding hydrogens is 514 g/mol. The highest BCUT2D eigenvalue weighted by Crippen LogP contribution is 2.42. The number of esters is 1. The molecule has 0 amide bonds. The zero-order valence-corrected chi connectivity index (χ0v) is 22.4. The van der Waals surface area contributed by atoms with Crippen LogP contribution < -0.4 is 10.1 Å². The van der Waals surface area contributed by atoms with Crippen LogP contribution in [0, 0.1) is 6.92 Å². The van der Waals surface area contributed by atoms with Crippen LogP contribution in [0.4, 0.5) is 10.9 Å². The van der Waals surface area contributed by atoms with E-state index in [0.717, 1.165) is 36.3 Å². The largest absolute Gasteiger partial charge is 0.469 e. The normalized spacial score (nSPS) is 18.6. The second-order valence-corrected chi connectivity index (χ2v) is 10.8. The van der Waals surface area contributed by atoms with Crippen LogP contribution >= 0.6 is 23.3 Å². The molecule has 37 heavy (non-hydrogen) atoms. The van der Waals surface area contributed by atoms with Crippen LogP contribution in [0.5, 0.6) is 11.5 Å². The van der Waals surface area contributed by atoms with E-state index in [2.05, 4.69) is 24.6 Å². The van der Waals surface area contributed by atoms with Crippen molar-refractivity contribution >= 4 is 40.2 Å². The molecule has 1 aliphatic carbocycles. The zero-order valence-electron chi connectivity index (χ0n) is 20.8. The Balaban J connectivity index is 1.31. The van der Waals surface area contributed by atoms with Crippen LogP contribution in [-0.4, -0.2) is 50.6 Å². The average molecular weight is 544 g/mol. The van der Waals surface area contributed by atoms with Crippen LogP contribution in [0.25, 0.3) is 0 Å². The number of carbonyl (C=O) groups excluding carboxylic acids is 1. The average Bonchev–Trinajstić information content (AvgIpc) is 3.54. The second-order valence-electron chi connectivity index (χ2n) is 8.85. The summed E-state index contributed by atoms with van der Waals surface area (Å²) < 4.78 is 27.8. The number of nitrogens with zero attached hydrogens (tertiary/aromatic N) is 4. The van der Waals surface area contributed by atoms with Crippen molar-refractivity contribution in [2.24, 2.45) is 0 Å². The molecule has 3 aromatic heterocycles. The van der Waals surface area contributed by atoms with E-state index in [1.54, 1.807) is 12.4 Å². The number of thioether (sulfide) groups is 1. The van der Waals surface area contributed by atoms with Gasteiger partial charge in [-0.2, -0.15) is 4.37 Å². The maximum absolute atomic E-state index is 11.5. The minimum absolute atomic E-state index is 0.251. The quantitative estimate of drug-likeness (QED) is 0.269. The van der Waals surface area contributed by atoms with E-state index in [-0.39, 0.29) is 12.1 Å². The number of carbonyl (C=O) groups is 1. The van der Waals surface area contributed by atoms with Gasteiger partial charge in [0.25, 0.3) is 0 Å². The standard InChI is InChI=1S/C25H29N5O5S2/c1-16-18(7-6-11-26-16)34-19-13-17(36-12-8-21(31)32-2)14-27-22(19)28-24-29-23(30-37-24)20-15-33-25(35-20)9-4-3-5-10-25/h6-7,11,13-14,20H,3-5,8-10,12,15H2,1-2H3,(H,27,28,29,30). The minimum atomic E-state index is -0.479. The van der Waals surface area contributed by atoms with Gasteiger partial charge in [-0.25, -0.2) is 9.97 Å². The Bertz CT molecular complexity index is 1230. The molecule has 0 bridgehead atoms. The molecule has 5 rings (SSSR count). The number of anilines is 2. The lowest BCUT2D eigenvalue weighted by Crippen LogP contribution is -2.32. The van der Waals surface area contributed by atoms with Gasteiger partial charge in [0, 0.05) is 47.4 Å². The number of hydrogen-bond acceptors (Lipinski definition) is 12. The summed E-state index contributed by atoms with van der Waals surface area (Å²) in [4.78, 5) is 25.9. The first kappa shape index (κ1) is 25.8. The summed E-state index contributed by atoms with van der Waals surface area (Å²) in [7, 11) is 1.38. The van der Waals surface area contributed by atoms with Crippen LogP contribution in [0.3, 0.4) is 0 Å². The molecule has 1 aliphatic heterocycles. The minimum Gasteiger partial charge on any atom is -0.469 e. The second kappa shape index (κ2) is 11.7. The first-order valence-corrected chi connectivity index (χ1v) is 14.0. The number of nitrogens with one attached hydrogen (secondary N) is 1.